The molecule has 0 aromatic heterocycles. The summed E-state index contributed by atoms with van der Waals surface area (Å²) in [5.74, 6) is -2.73. The summed E-state index contributed by atoms with van der Waals surface area (Å²) in [7, 11) is 2.58. The fraction of sp³-hybridized carbons (Fsp3) is 0.368. The van der Waals surface area contributed by atoms with E-state index in [1.807, 2.05) is 0 Å². The van der Waals surface area contributed by atoms with Gasteiger partial charge in [-0.15, -0.1) is 0 Å². The molecule has 19 heteroatoms. The molecule has 3 aliphatic heterocycles. The van der Waals surface area contributed by atoms with Crippen LogP contribution in [0.15, 0.2) is 63.8 Å². The Bertz CT molecular complexity index is 2110. The average Bonchev–Trinajstić information content (AvgIpc) is 3.18. The van der Waals surface area contributed by atoms with E-state index in [4.69, 9.17) is 37.6 Å². The van der Waals surface area contributed by atoms with Crippen LogP contribution in [0.1, 0.15) is 12.5 Å². The molecule has 2 fully saturated rings. The van der Waals surface area contributed by atoms with Gasteiger partial charge in [-0.25, -0.2) is 0 Å². The van der Waals surface area contributed by atoms with E-state index in [2.05, 4.69) is 0 Å². The van der Waals surface area contributed by atoms with Crippen molar-refractivity contribution in [1.29, 1.82) is 0 Å². The molecule has 2 saturated heterocycles. The Balaban J connectivity index is 1.18. The summed E-state index contributed by atoms with van der Waals surface area (Å²) >= 11 is 0. The fourth-order valence-corrected chi connectivity index (χ4v) is 6.25. The average molecular weight is 802 g/mol. The number of aliphatic hydroxyl groups is 5. The van der Waals surface area contributed by atoms with Crippen molar-refractivity contribution in [2.75, 3.05) is 20.8 Å². The van der Waals surface area contributed by atoms with Crippen molar-refractivity contribution in [2.24, 2.45) is 0 Å². The number of carbonyl (C=O) groups excluding carboxylic acids is 1. The zero-order valence-corrected chi connectivity index (χ0v) is 30.4. The molecule has 57 heavy (non-hydrogen) atoms. The van der Waals surface area contributed by atoms with Crippen molar-refractivity contribution in [3.8, 4) is 62.9 Å². The van der Waals surface area contributed by atoms with Crippen LogP contribution >= 0.6 is 0 Å². The summed E-state index contributed by atoms with van der Waals surface area (Å²) in [6, 6.07) is 9.93. The standard InChI is InChI=1S/C38H40O19/c1-15-35(57-28(43)7-5-16-4-6-20(40)22(42)8-16)32(47)34(49)37(53-15)52-14-27-30(45)31(46)33(48)38(56-27)55-26-13-19-21(41)11-18(39)12-23(19)54-36(26)17-9-24(50-2)29(44)25(10-17)51-3/h4-13,15,27,30-35,37-38,40-42,44-49H,14H2,1-3H3/p+1/t15-,27+,30+,31-,32-,33+,34+,35-,37+,38+/m0/s1. The van der Waals surface area contributed by atoms with Gasteiger partial charge in [0.25, 0.3) is 0 Å². The fourth-order valence-electron chi connectivity index (χ4n) is 6.25. The van der Waals surface area contributed by atoms with Crippen LogP contribution < -0.4 is 19.6 Å². The van der Waals surface area contributed by atoms with Crippen molar-refractivity contribution >= 4 is 12.0 Å². The molecule has 0 radical (unpaired) electrons. The first kappa shape index (κ1) is 41.0. The van der Waals surface area contributed by atoms with Crippen LogP contribution in [0.2, 0.25) is 0 Å². The smallest absolute Gasteiger partial charge is 0.507 e. The van der Waals surface area contributed by atoms with Crippen LogP contribution in [0.5, 0.6) is 40.2 Å². The minimum absolute atomic E-state index is 0.00907. The van der Waals surface area contributed by atoms with Crippen molar-refractivity contribution in [2.45, 2.75) is 68.3 Å². The zero-order valence-electron chi connectivity index (χ0n) is 30.4. The van der Waals surface area contributed by atoms with E-state index in [1.54, 1.807) is 0 Å². The molecular formula is C38H41O19+. The molecule has 0 amide bonds. The van der Waals surface area contributed by atoms with Crippen LogP contribution in [-0.4, -0.2) is 139 Å². The Labute approximate surface area is 322 Å². The van der Waals surface area contributed by atoms with Crippen molar-refractivity contribution in [1.82, 2.24) is 0 Å². The van der Waals surface area contributed by atoms with Gasteiger partial charge in [0.05, 0.1) is 32.5 Å². The summed E-state index contributed by atoms with van der Waals surface area (Å²) in [4.78, 5) is 22.5. The molecule has 19 nitrogen and oxygen atoms in total. The maximum atomic E-state index is 12.2. The Morgan fingerprint density at radius 2 is 1.46 bits per heavy atom. The van der Waals surface area contributed by atoms with Gasteiger partial charge in [0.2, 0.25) is 18.1 Å². The monoisotopic (exact) mass is 801 g/mol. The molecule has 306 valence electrons. The quantitative estimate of drug-likeness (QED) is 0.0432. The van der Waals surface area contributed by atoms with Gasteiger partial charge in [-0.05, 0) is 48.9 Å². The number of ether oxygens (including phenoxy) is 7. The molecule has 10 N–H and O–H groups in total. The van der Waals surface area contributed by atoms with E-state index < -0.39 is 85.2 Å². The van der Waals surface area contributed by atoms with Gasteiger partial charge in [-0.3, -0.25) is 4.79 Å². The molecule has 6 rings (SSSR count). The summed E-state index contributed by atoms with van der Waals surface area (Å²) < 4.78 is 45.1. The highest BCUT2D eigenvalue weighted by Gasteiger charge is 2.50. The predicted octanol–water partition coefficient (Wildman–Crippen LogP) is 0.522. The Kier molecular flexibility index (Phi) is 12.1. The topological polar surface area (TPSA) is 298 Å². The first-order chi connectivity index (χ1) is 27.1. The first-order valence-electron chi connectivity index (χ1n) is 17.3. The molecule has 2 aromatic rings. The number of methoxy groups -OCH3 is 2. The van der Waals surface area contributed by atoms with Crippen LogP contribution in [0.4, 0.5) is 0 Å². The van der Waals surface area contributed by atoms with Crippen LogP contribution in [0.25, 0.3) is 28.7 Å². The highest BCUT2D eigenvalue weighted by molar-refractivity contribution is 5.88. The second-order valence-corrected chi connectivity index (χ2v) is 13.2. The third kappa shape index (κ3) is 8.55. The molecule has 0 spiro atoms. The molecule has 1 aliphatic carbocycles. The maximum absolute atomic E-state index is 12.2. The third-order valence-corrected chi connectivity index (χ3v) is 9.33. The van der Waals surface area contributed by atoms with E-state index in [0.29, 0.717) is 5.56 Å². The minimum atomic E-state index is -1.89. The Hall–Kier alpha value is -5.64. The van der Waals surface area contributed by atoms with E-state index in [9.17, 15) is 55.5 Å². The van der Waals surface area contributed by atoms with E-state index >= 15 is 0 Å². The second-order valence-electron chi connectivity index (χ2n) is 13.2. The van der Waals surface area contributed by atoms with Crippen molar-refractivity contribution in [3.05, 3.63) is 70.4 Å². The van der Waals surface area contributed by atoms with Gasteiger partial charge < -0.3 is 88.3 Å². The number of hydrogen-bond acceptors (Lipinski definition) is 18. The minimum Gasteiger partial charge on any atom is -0.507 e. The van der Waals surface area contributed by atoms with Gasteiger partial charge in [0.15, 0.2) is 52.3 Å². The normalized spacial score (nSPS) is 27.6. The molecule has 10 atom stereocenters. The lowest BCUT2D eigenvalue weighted by atomic mass is 9.98. The third-order valence-electron chi connectivity index (χ3n) is 9.33. The molecule has 0 bridgehead atoms. The molecule has 2 aromatic carbocycles. The SMILES string of the molecule is COc1cc(-c2oc3cc(=O)cc(O)c-3cc2O[C@@H]2O[C@H](CO[C@@H]3O[C@@H](C)[C@H](OC(=[OH+])C=Cc4ccc(O)c(O)c4)[C@@H](O)[C@H]3O)[C@@H](O)[C@H](O)[C@H]2O)cc(OC)c1O. The highest BCUT2D eigenvalue weighted by Crippen LogP contribution is 2.46. The van der Waals surface area contributed by atoms with Gasteiger partial charge in [-0.1, -0.05) is 6.07 Å². The number of phenolic OH excluding ortho intramolecular Hbond substituents is 4. The lowest BCUT2D eigenvalue weighted by molar-refractivity contribution is -0.317. The Morgan fingerprint density at radius 3 is 2.12 bits per heavy atom. The van der Waals surface area contributed by atoms with E-state index in [-0.39, 0.29) is 57.1 Å². The van der Waals surface area contributed by atoms with Gasteiger partial charge in [-0.2, -0.15) is 0 Å². The Morgan fingerprint density at radius 1 is 0.772 bits per heavy atom. The van der Waals surface area contributed by atoms with Crippen LogP contribution in [0, 0.1) is 0 Å². The second kappa shape index (κ2) is 16.8. The number of hydrogen-bond donors (Lipinski definition) is 9. The number of fused-ring (bicyclic) bond motifs is 1. The number of aromatic hydroxyl groups is 4. The van der Waals surface area contributed by atoms with Crippen LogP contribution in [-0.2, 0) is 18.9 Å². The summed E-state index contributed by atoms with van der Waals surface area (Å²) in [5, 5.41) is 94.5. The molecule has 0 saturated carbocycles. The van der Waals surface area contributed by atoms with Crippen molar-refractivity contribution in [3.63, 3.8) is 0 Å². The summed E-state index contributed by atoms with van der Waals surface area (Å²) in [6.45, 7) is 0.855. The van der Waals surface area contributed by atoms with Crippen LogP contribution in [0.3, 0.4) is 0 Å². The van der Waals surface area contributed by atoms with E-state index in [1.165, 1.54) is 63.6 Å². The lowest BCUT2D eigenvalue weighted by Gasteiger charge is -2.42. The summed E-state index contributed by atoms with van der Waals surface area (Å²) in [5.41, 5.74) is -0.0115. The first-order valence-corrected chi connectivity index (χ1v) is 17.3. The molecular weight excluding hydrogens is 760 g/mol. The number of aliphatic hydroxyl groups excluding tert-OH is 5. The molecule has 4 aliphatic rings. The molecule has 0 unspecified atom stereocenters. The zero-order chi connectivity index (χ0) is 41.3. The number of benzene rings is 3. The molecule has 3 heterocycles. The van der Waals surface area contributed by atoms with Gasteiger partial charge in [0, 0.05) is 17.7 Å². The highest BCUT2D eigenvalue weighted by atomic mass is 16.7. The number of phenols is 4. The van der Waals surface area contributed by atoms with Gasteiger partial charge in [0.1, 0.15) is 48.1 Å². The van der Waals surface area contributed by atoms with Gasteiger partial charge >= 0.3 is 5.97 Å². The number of esters is 1. The lowest BCUT2D eigenvalue weighted by Crippen LogP contribution is -2.62. The van der Waals surface area contributed by atoms with E-state index in [0.717, 1.165) is 18.2 Å². The summed E-state index contributed by atoms with van der Waals surface area (Å²) in [6.07, 6.45) is -13.7. The maximum Gasteiger partial charge on any atom is 0.510 e. The largest absolute Gasteiger partial charge is 0.510 e. The van der Waals surface area contributed by atoms with Crippen molar-refractivity contribution < 1.29 is 88.3 Å². The predicted molar refractivity (Wildman–Crippen MR) is 194 cm³/mol. The number of rotatable bonds is 11.